The summed E-state index contributed by atoms with van der Waals surface area (Å²) in [4.78, 5) is 37.8. The van der Waals surface area contributed by atoms with Crippen molar-refractivity contribution < 1.29 is 28.6 Å². The molecule has 0 aromatic rings. The second kappa shape index (κ2) is 47.1. The second-order valence-electron chi connectivity index (χ2n) is 16.4. The third kappa shape index (κ3) is 44.5. The molecule has 6 heteroatoms. The summed E-state index contributed by atoms with van der Waals surface area (Å²) in [6, 6.07) is 0. The van der Waals surface area contributed by atoms with Crippen LogP contribution in [0, 0.1) is 0 Å². The SMILES string of the molecule is CCCCC/C=C\C/C=C\C/C=C\CCCCC(=O)OC[C@H](COC(=O)CCCCCCC/C=C\CCCCCC)OC(=O)CCCCCCCCCCCCCC. The van der Waals surface area contributed by atoms with Crippen molar-refractivity contribution in [3.8, 4) is 0 Å². The minimum absolute atomic E-state index is 0.0877. The predicted molar refractivity (Wildman–Crippen MR) is 247 cm³/mol. The maximum absolute atomic E-state index is 12.7. The fourth-order valence-electron chi connectivity index (χ4n) is 6.80. The first kappa shape index (κ1) is 55.4. The zero-order valence-electron chi connectivity index (χ0n) is 38.3. The number of carbonyl (C=O) groups is 3. The average molecular weight is 813 g/mol. The van der Waals surface area contributed by atoms with E-state index >= 15 is 0 Å². The molecule has 0 aliphatic rings. The Hall–Kier alpha value is -2.63. The van der Waals surface area contributed by atoms with Crippen LogP contribution < -0.4 is 0 Å². The summed E-state index contributed by atoms with van der Waals surface area (Å²) < 4.78 is 16.7. The second-order valence-corrected chi connectivity index (χ2v) is 16.4. The number of hydrogen-bond acceptors (Lipinski definition) is 6. The van der Waals surface area contributed by atoms with E-state index in [2.05, 4.69) is 69.4 Å². The van der Waals surface area contributed by atoms with Crippen molar-refractivity contribution in [3.05, 3.63) is 48.6 Å². The summed E-state index contributed by atoms with van der Waals surface area (Å²) in [5.74, 6) is -0.931. The Morgan fingerprint density at radius 1 is 0.345 bits per heavy atom. The van der Waals surface area contributed by atoms with Crippen LogP contribution in [0.3, 0.4) is 0 Å². The summed E-state index contributed by atoms with van der Waals surface area (Å²) >= 11 is 0. The first-order valence-electron chi connectivity index (χ1n) is 24.6. The lowest BCUT2D eigenvalue weighted by molar-refractivity contribution is -0.167. The quantitative estimate of drug-likeness (QED) is 0.0264. The van der Waals surface area contributed by atoms with Gasteiger partial charge in [0, 0.05) is 19.3 Å². The summed E-state index contributed by atoms with van der Waals surface area (Å²) in [6.07, 6.45) is 55.2. The Bertz CT molecular complexity index is 1030. The molecule has 0 aliphatic carbocycles. The number of rotatable bonds is 44. The van der Waals surface area contributed by atoms with E-state index in [0.29, 0.717) is 19.3 Å². The van der Waals surface area contributed by atoms with Gasteiger partial charge in [-0.3, -0.25) is 14.4 Å². The van der Waals surface area contributed by atoms with Crippen LogP contribution in [0.2, 0.25) is 0 Å². The average Bonchev–Trinajstić information content (AvgIpc) is 3.22. The standard InChI is InChI=1S/C52H92O6/c1-4-7-10-13-16-19-22-25-26-28-31-33-36-39-42-45-51(54)57-48-49(58-52(55)46-43-40-37-34-29-24-21-18-15-12-9-6-3)47-56-50(53)44-41-38-35-32-30-27-23-20-17-14-11-8-5-2/h16,19-20,23,25-26,31,33,49H,4-15,17-18,21-22,24,27-30,32,34-48H2,1-3H3/b19-16-,23-20-,26-25-,33-31-/t49-/m0/s1. The summed E-state index contributed by atoms with van der Waals surface area (Å²) in [6.45, 7) is 6.55. The maximum atomic E-state index is 12.7. The Balaban J connectivity index is 4.44. The maximum Gasteiger partial charge on any atom is 0.306 e. The van der Waals surface area contributed by atoms with Gasteiger partial charge in [0.05, 0.1) is 0 Å². The Morgan fingerprint density at radius 2 is 0.621 bits per heavy atom. The Morgan fingerprint density at radius 3 is 1.07 bits per heavy atom. The monoisotopic (exact) mass is 813 g/mol. The van der Waals surface area contributed by atoms with Crippen LogP contribution in [0.1, 0.15) is 245 Å². The van der Waals surface area contributed by atoms with Crippen LogP contribution >= 0.6 is 0 Å². The first-order chi connectivity index (χ1) is 28.5. The number of esters is 3. The van der Waals surface area contributed by atoms with Crippen LogP contribution in [0.5, 0.6) is 0 Å². The first-order valence-corrected chi connectivity index (χ1v) is 24.6. The Labute approximate surface area is 358 Å². The van der Waals surface area contributed by atoms with Crippen LogP contribution in [0.4, 0.5) is 0 Å². The molecule has 0 spiro atoms. The molecule has 0 heterocycles. The summed E-state index contributed by atoms with van der Waals surface area (Å²) in [7, 11) is 0. The van der Waals surface area contributed by atoms with Gasteiger partial charge in [-0.15, -0.1) is 0 Å². The molecule has 0 radical (unpaired) electrons. The summed E-state index contributed by atoms with van der Waals surface area (Å²) in [5, 5.41) is 0. The highest BCUT2D eigenvalue weighted by Crippen LogP contribution is 2.14. The molecule has 6 nitrogen and oxygen atoms in total. The van der Waals surface area contributed by atoms with Crippen molar-refractivity contribution in [2.24, 2.45) is 0 Å². The largest absolute Gasteiger partial charge is 0.462 e. The van der Waals surface area contributed by atoms with Gasteiger partial charge in [0.25, 0.3) is 0 Å². The molecule has 0 aromatic heterocycles. The molecule has 0 aromatic carbocycles. The molecule has 336 valence electrons. The van der Waals surface area contributed by atoms with Gasteiger partial charge in [0.15, 0.2) is 6.10 Å². The minimum atomic E-state index is -0.787. The number of carbonyl (C=O) groups excluding carboxylic acids is 3. The van der Waals surface area contributed by atoms with E-state index in [1.165, 1.54) is 128 Å². The smallest absolute Gasteiger partial charge is 0.306 e. The van der Waals surface area contributed by atoms with Crippen molar-refractivity contribution in [1.82, 2.24) is 0 Å². The fraction of sp³-hybridized carbons (Fsp3) is 0.788. The van der Waals surface area contributed by atoms with Gasteiger partial charge >= 0.3 is 17.9 Å². The molecule has 0 unspecified atom stereocenters. The molecule has 0 aliphatic heterocycles. The molecule has 0 bridgehead atoms. The van der Waals surface area contributed by atoms with Crippen LogP contribution in [-0.4, -0.2) is 37.2 Å². The molecular weight excluding hydrogens is 721 g/mol. The zero-order valence-corrected chi connectivity index (χ0v) is 38.3. The van der Waals surface area contributed by atoms with E-state index in [-0.39, 0.29) is 31.1 Å². The Kier molecular flexibility index (Phi) is 44.9. The van der Waals surface area contributed by atoms with E-state index in [4.69, 9.17) is 14.2 Å². The molecule has 0 N–H and O–H groups in total. The van der Waals surface area contributed by atoms with Gasteiger partial charge < -0.3 is 14.2 Å². The van der Waals surface area contributed by atoms with E-state index in [0.717, 1.165) is 77.0 Å². The third-order valence-corrected chi connectivity index (χ3v) is 10.6. The lowest BCUT2D eigenvalue weighted by atomic mass is 10.0. The third-order valence-electron chi connectivity index (χ3n) is 10.6. The molecule has 1 atom stereocenters. The zero-order chi connectivity index (χ0) is 42.3. The van der Waals surface area contributed by atoms with Crippen molar-refractivity contribution in [2.75, 3.05) is 13.2 Å². The van der Waals surface area contributed by atoms with Gasteiger partial charge in [-0.1, -0.05) is 191 Å². The topological polar surface area (TPSA) is 78.9 Å². The highest BCUT2D eigenvalue weighted by atomic mass is 16.6. The van der Waals surface area contributed by atoms with E-state index in [1.807, 2.05) is 0 Å². The number of unbranched alkanes of at least 4 members (excludes halogenated alkanes) is 25. The molecule has 58 heavy (non-hydrogen) atoms. The van der Waals surface area contributed by atoms with Gasteiger partial charge in [-0.2, -0.15) is 0 Å². The molecule has 0 saturated carbocycles. The highest BCUT2D eigenvalue weighted by molar-refractivity contribution is 5.71. The molecule has 0 saturated heterocycles. The van der Waals surface area contributed by atoms with Crippen LogP contribution in [0.25, 0.3) is 0 Å². The minimum Gasteiger partial charge on any atom is -0.462 e. The van der Waals surface area contributed by atoms with E-state index in [9.17, 15) is 14.4 Å². The lowest BCUT2D eigenvalue weighted by Gasteiger charge is -2.18. The number of ether oxygens (including phenoxy) is 3. The van der Waals surface area contributed by atoms with E-state index in [1.54, 1.807) is 0 Å². The molecule has 0 rings (SSSR count). The van der Waals surface area contributed by atoms with Gasteiger partial charge in [-0.05, 0) is 83.5 Å². The van der Waals surface area contributed by atoms with Crippen molar-refractivity contribution in [1.29, 1.82) is 0 Å². The van der Waals surface area contributed by atoms with Crippen molar-refractivity contribution in [3.63, 3.8) is 0 Å². The van der Waals surface area contributed by atoms with Gasteiger partial charge in [-0.25, -0.2) is 0 Å². The van der Waals surface area contributed by atoms with Crippen molar-refractivity contribution in [2.45, 2.75) is 252 Å². The van der Waals surface area contributed by atoms with E-state index < -0.39 is 6.10 Å². The number of hydrogen-bond donors (Lipinski definition) is 0. The fourth-order valence-corrected chi connectivity index (χ4v) is 6.80. The summed E-state index contributed by atoms with van der Waals surface area (Å²) in [5.41, 5.74) is 0. The molecule has 0 amide bonds. The van der Waals surface area contributed by atoms with Crippen molar-refractivity contribution >= 4 is 17.9 Å². The van der Waals surface area contributed by atoms with Crippen LogP contribution in [-0.2, 0) is 28.6 Å². The predicted octanol–water partition coefficient (Wildman–Crippen LogP) is 15.9. The molecule has 0 fully saturated rings. The van der Waals surface area contributed by atoms with Gasteiger partial charge in [0.2, 0.25) is 0 Å². The van der Waals surface area contributed by atoms with Crippen LogP contribution in [0.15, 0.2) is 48.6 Å². The van der Waals surface area contributed by atoms with Gasteiger partial charge in [0.1, 0.15) is 13.2 Å². The lowest BCUT2D eigenvalue weighted by Crippen LogP contribution is -2.30. The molecular formula is C52H92O6. The highest BCUT2D eigenvalue weighted by Gasteiger charge is 2.19. The normalized spacial score (nSPS) is 12.4. The number of allylic oxidation sites excluding steroid dienone is 8.